The van der Waals surface area contributed by atoms with Gasteiger partial charge in [0.2, 0.25) is 0 Å². The third-order valence-corrected chi connectivity index (χ3v) is 16.9. The number of rotatable bonds is 52. The van der Waals surface area contributed by atoms with E-state index in [1.807, 2.05) is 69.2 Å². The number of hydrogen-bond donors (Lipinski definition) is 25. The molecule has 0 aromatic carbocycles. The predicted molar refractivity (Wildman–Crippen MR) is 412 cm³/mol. The Labute approximate surface area is 637 Å². The van der Waals surface area contributed by atoms with E-state index in [-0.39, 0.29) is 133 Å². The molecule has 1 aliphatic rings. The average Bonchev–Trinajstić information content (AvgIpc) is 1.72. The lowest BCUT2D eigenvalue weighted by molar-refractivity contribution is -0.138. The number of nitrogens with zero attached hydrogens (tertiary/aromatic N) is 1. The van der Waals surface area contributed by atoms with Crippen molar-refractivity contribution in [2.45, 2.75) is 245 Å². The fourth-order valence-corrected chi connectivity index (χ4v) is 11.8. The van der Waals surface area contributed by atoms with Crippen molar-refractivity contribution in [3.8, 4) is 0 Å². The molecule has 0 spiro atoms. The van der Waals surface area contributed by atoms with Crippen molar-refractivity contribution in [2.24, 2.45) is 35.1 Å². The van der Waals surface area contributed by atoms with Gasteiger partial charge in [-0.15, -0.1) is 0 Å². The van der Waals surface area contributed by atoms with Crippen LogP contribution in [0.1, 0.15) is 179 Å². The lowest BCUT2D eigenvalue weighted by Crippen LogP contribution is -2.55. The quantitative estimate of drug-likeness (QED) is 0.0385. The van der Waals surface area contributed by atoms with Crippen LogP contribution in [0.2, 0.25) is 0 Å². The van der Waals surface area contributed by atoms with Crippen LogP contribution in [0.4, 0.5) is 52.7 Å². The summed E-state index contributed by atoms with van der Waals surface area (Å²) in [4.78, 5) is 169. The summed E-state index contributed by atoms with van der Waals surface area (Å²) in [5, 5.41) is 77.4. The molecule has 1 fully saturated rings. The molecule has 22 amide bonds. The molecular formula is C69H136N24O15. The molecule has 622 valence electrons. The Morgan fingerprint density at radius 3 is 0.972 bits per heavy atom. The molecule has 108 heavy (non-hydrogen) atoms. The van der Waals surface area contributed by atoms with Crippen LogP contribution >= 0.6 is 0 Å². The smallest absolute Gasteiger partial charge is 0.317 e. The second-order valence-corrected chi connectivity index (χ2v) is 29.7. The summed E-state index contributed by atoms with van der Waals surface area (Å²) >= 11 is 0. The number of carboxylic acid groups (broad SMARTS) is 2. The van der Waals surface area contributed by atoms with Crippen molar-refractivity contribution >= 4 is 78.3 Å². The summed E-state index contributed by atoms with van der Waals surface area (Å²) in [7, 11) is 1.48. The van der Waals surface area contributed by atoms with E-state index >= 15 is 0 Å². The van der Waals surface area contributed by atoms with Crippen molar-refractivity contribution in [3.63, 3.8) is 0 Å². The van der Waals surface area contributed by atoms with Gasteiger partial charge in [-0.2, -0.15) is 0 Å². The number of likely N-dealkylation sites (tertiary alicyclic amines) is 1. The van der Waals surface area contributed by atoms with E-state index < -0.39 is 127 Å². The molecule has 0 aromatic rings. The van der Waals surface area contributed by atoms with Crippen LogP contribution in [0.5, 0.6) is 0 Å². The number of urea groups is 11. The number of carboxylic acids is 2. The number of amides is 22. The Balaban J connectivity index is 2.92. The van der Waals surface area contributed by atoms with E-state index in [0.717, 1.165) is 0 Å². The summed E-state index contributed by atoms with van der Waals surface area (Å²) < 4.78 is 0. The van der Waals surface area contributed by atoms with Crippen molar-refractivity contribution < 1.29 is 72.5 Å². The van der Waals surface area contributed by atoms with Crippen LogP contribution in [-0.2, 0) is 9.59 Å². The van der Waals surface area contributed by atoms with Gasteiger partial charge in [0.1, 0.15) is 0 Å². The maximum absolute atomic E-state index is 13.8. The fraction of sp³-hybridized carbons (Fsp3) is 0.812. The van der Waals surface area contributed by atoms with Crippen LogP contribution in [0.15, 0.2) is 0 Å². The highest BCUT2D eigenvalue weighted by molar-refractivity contribution is 5.80. The molecule has 0 radical (unpaired) electrons. The molecule has 1 aliphatic heterocycles. The number of aliphatic carboxylic acids is 2. The maximum Gasteiger partial charge on any atom is 0.317 e. The summed E-state index contributed by atoms with van der Waals surface area (Å²) in [6, 6.07) is -11.4. The molecule has 1 saturated heterocycles. The Bertz CT molecular complexity index is 2700. The first-order valence-electron chi connectivity index (χ1n) is 38.3. The summed E-state index contributed by atoms with van der Waals surface area (Å²) in [5.41, 5.74) is 11.5. The molecule has 39 nitrogen and oxygen atoms in total. The normalized spacial score (nSPS) is 15.0. The van der Waals surface area contributed by atoms with Gasteiger partial charge in [-0.3, -0.25) is 9.59 Å². The molecule has 27 N–H and O–H groups in total. The van der Waals surface area contributed by atoms with Crippen LogP contribution in [0, 0.1) is 23.7 Å². The lowest BCUT2D eigenvalue weighted by atomic mass is 10.0. The Morgan fingerprint density at radius 1 is 0.352 bits per heavy atom. The van der Waals surface area contributed by atoms with Crippen LogP contribution in [0.3, 0.4) is 0 Å². The minimum atomic E-state index is -1.12. The van der Waals surface area contributed by atoms with E-state index in [9.17, 15) is 72.5 Å². The van der Waals surface area contributed by atoms with Gasteiger partial charge in [-0.25, -0.2) is 52.7 Å². The first-order chi connectivity index (χ1) is 51.1. The van der Waals surface area contributed by atoms with Crippen molar-refractivity contribution in [1.29, 1.82) is 0 Å². The van der Waals surface area contributed by atoms with Crippen LogP contribution < -0.4 is 123 Å². The molecule has 0 aliphatic carbocycles. The zero-order valence-corrected chi connectivity index (χ0v) is 66.0. The zero-order chi connectivity index (χ0) is 81.1. The number of unbranched alkanes of at least 4 members (excludes halogenated alkanes) is 2. The molecule has 1 heterocycles. The van der Waals surface area contributed by atoms with Gasteiger partial charge in [0.05, 0.1) is 6.04 Å². The van der Waals surface area contributed by atoms with Crippen LogP contribution in [0.25, 0.3) is 0 Å². The van der Waals surface area contributed by atoms with E-state index in [0.29, 0.717) is 96.7 Å². The molecule has 0 saturated carbocycles. The number of hydrogen-bond acceptors (Lipinski definition) is 15. The highest BCUT2D eigenvalue weighted by Crippen LogP contribution is 2.17. The number of nitrogens with one attached hydrogen (secondary N) is 21. The molecular weight excluding hydrogens is 1400 g/mol. The third-order valence-electron chi connectivity index (χ3n) is 16.9. The minimum Gasteiger partial charge on any atom is -0.481 e. The monoisotopic (exact) mass is 1540 g/mol. The fourth-order valence-electron chi connectivity index (χ4n) is 11.8. The van der Waals surface area contributed by atoms with Crippen molar-refractivity contribution in [3.05, 3.63) is 0 Å². The molecule has 1 rings (SSSR count). The number of carbonyl (C=O) groups is 13. The van der Waals surface area contributed by atoms with Crippen molar-refractivity contribution in [1.82, 2.24) is 117 Å². The van der Waals surface area contributed by atoms with Gasteiger partial charge in [0.15, 0.2) is 0 Å². The largest absolute Gasteiger partial charge is 0.481 e. The highest BCUT2D eigenvalue weighted by Gasteiger charge is 2.31. The van der Waals surface area contributed by atoms with Crippen molar-refractivity contribution in [2.75, 3.05) is 92.1 Å². The molecule has 39 heteroatoms. The molecule has 1 unspecified atom stereocenters. The molecule has 0 aromatic heterocycles. The Morgan fingerprint density at radius 2 is 0.648 bits per heavy atom. The van der Waals surface area contributed by atoms with E-state index in [1.165, 1.54) is 7.05 Å². The molecule has 10 atom stereocenters. The van der Waals surface area contributed by atoms with Gasteiger partial charge in [-0.05, 0) is 135 Å². The Hall–Kier alpha value is -9.17. The Kier molecular flexibility index (Phi) is 50.3. The summed E-state index contributed by atoms with van der Waals surface area (Å²) in [6.45, 7) is 22.5. The average molecular weight is 1540 g/mol. The van der Waals surface area contributed by atoms with Gasteiger partial charge in [0.25, 0.3) is 0 Å². The lowest BCUT2D eigenvalue weighted by Gasteiger charge is -2.28. The topological polar surface area (TPSA) is 570 Å². The zero-order valence-electron chi connectivity index (χ0n) is 66.0. The highest BCUT2D eigenvalue weighted by atomic mass is 16.4. The first kappa shape index (κ1) is 96.8. The van der Waals surface area contributed by atoms with E-state index in [1.54, 1.807) is 11.8 Å². The van der Waals surface area contributed by atoms with E-state index in [4.69, 9.17) is 11.5 Å². The first-order valence-corrected chi connectivity index (χ1v) is 38.3. The minimum absolute atomic E-state index is 0.000105. The second-order valence-electron chi connectivity index (χ2n) is 29.7. The SMILES string of the molecule is CNC(=O)NC[C@H](C)NC(=O)NC[C@H](CCCCN)NC(=O)NCC(CC(C)C)NC(=O)NC[C@H](CCC(=O)O)NC(=O)NC[C@H](CC(C)C)NC(=O)NC[C@@H]1CCCN1C(=O)NC[C@H](CCCCN)NC(=O)NC[C@H](CC(C)C)NC(=O)NC[C@H](CCC(=O)O)NC(=O)NC[C@H](CC(C)C)NC(=O)NC(C)C. The predicted octanol–water partition coefficient (Wildman–Crippen LogP) is 1.70. The summed E-state index contributed by atoms with van der Waals surface area (Å²) in [6.07, 6.45) is 6.17. The third kappa shape index (κ3) is 50.4. The van der Waals surface area contributed by atoms with Gasteiger partial charge >= 0.3 is 78.3 Å². The van der Waals surface area contributed by atoms with E-state index in [2.05, 4.69) is 112 Å². The van der Waals surface area contributed by atoms with Gasteiger partial charge in [-0.1, -0.05) is 68.2 Å². The molecule has 0 bridgehead atoms. The van der Waals surface area contributed by atoms with Gasteiger partial charge in [0, 0.05) is 152 Å². The van der Waals surface area contributed by atoms with Gasteiger partial charge < -0.3 is 138 Å². The standard InChI is InChI=1S/C69H136N24O15/c1-42(2)28-52(37-77-61(100)85-48(18-13-15-25-70)33-74-60(99)84-47(11)32-73-59(98)72-12)89-65(104)75-34-50(21-23-57(94)95)87-63(102)79-39-54(30-44(5)6)91-67(106)81-41-56-20-17-27-93(56)69(108)82-36-49(19-14-16-26-71)86-62(101)78-38-53(29-43(3)4)90-66(105)76-35-51(22-24-58(96)97)88-64(103)80-40-55(31-45(7)8)92-68(107)83-46(9)10/h42-56H,13-41,70-71H2,1-12H3,(H,82,108)(H,94,95)(H,96,97)(H2,72,73,98)(H2,74,84,99)(H2,75,89,104)(H2,76,90,105)(H2,77,85,100)(H2,78,86,101)(H2,79,87,102)(H2,80,88,103)(H2,81,91,106)(H2,83,92,107)/t47-,48-,49-,50-,51-,52?,53-,54-,55-,56-/m0/s1. The maximum atomic E-state index is 13.8. The van der Waals surface area contributed by atoms with Crippen LogP contribution in [-0.4, -0.2) is 252 Å². The number of nitrogens with two attached hydrogens (primary N) is 2. The summed E-state index contributed by atoms with van der Waals surface area (Å²) in [5.74, 6) is -1.77. The second kappa shape index (κ2) is 56.1. The number of carbonyl (C=O) groups excluding carboxylic acids is 11.